The molecule has 0 unspecified atom stereocenters. The lowest BCUT2D eigenvalue weighted by Crippen LogP contribution is -1.99. The second kappa shape index (κ2) is 4.98. The van der Waals surface area contributed by atoms with Gasteiger partial charge in [0.2, 0.25) is 0 Å². The minimum absolute atomic E-state index is 0.164. The number of carbonyl (C=O) groups is 1. The van der Waals surface area contributed by atoms with Crippen LogP contribution in [-0.2, 0) is 6.42 Å². The number of aromatic nitrogens is 1. The van der Waals surface area contributed by atoms with Crippen LogP contribution in [0.15, 0.2) is 28.7 Å². The highest BCUT2D eigenvalue weighted by atomic mass is 79.9. The number of benzene rings is 1. The minimum atomic E-state index is -0.961. The van der Waals surface area contributed by atoms with Crippen LogP contribution >= 0.6 is 27.3 Å². The SMILES string of the molecule is Cc1sc(Cc2ccccc2Br)nc1C(=O)O. The van der Waals surface area contributed by atoms with Gasteiger partial charge in [0.05, 0.1) is 5.01 Å². The van der Waals surface area contributed by atoms with Crippen molar-refractivity contribution in [3.05, 3.63) is 49.9 Å². The first kappa shape index (κ1) is 12.3. The van der Waals surface area contributed by atoms with E-state index in [4.69, 9.17) is 5.11 Å². The molecule has 0 bridgehead atoms. The van der Waals surface area contributed by atoms with Crippen molar-refractivity contribution in [3.8, 4) is 0 Å². The molecule has 0 aliphatic heterocycles. The van der Waals surface area contributed by atoms with Gasteiger partial charge in [-0.25, -0.2) is 9.78 Å². The Labute approximate surface area is 111 Å². The molecule has 2 aromatic rings. The van der Waals surface area contributed by atoms with Gasteiger partial charge >= 0.3 is 5.97 Å². The second-order valence-corrected chi connectivity index (χ2v) is 5.73. The number of aromatic carboxylic acids is 1. The Morgan fingerprint density at radius 1 is 1.47 bits per heavy atom. The molecule has 0 atom stereocenters. The summed E-state index contributed by atoms with van der Waals surface area (Å²) in [6, 6.07) is 7.87. The lowest BCUT2D eigenvalue weighted by molar-refractivity contribution is 0.0690. The van der Waals surface area contributed by atoms with Gasteiger partial charge in [-0.05, 0) is 18.6 Å². The highest BCUT2D eigenvalue weighted by Gasteiger charge is 2.14. The number of halogens is 1. The highest BCUT2D eigenvalue weighted by molar-refractivity contribution is 9.10. The molecule has 1 aromatic carbocycles. The summed E-state index contributed by atoms with van der Waals surface area (Å²) in [5.74, 6) is -0.961. The molecule has 17 heavy (non-hydrogen) atoms. The Kier molecular flexibility index (Phi) is 3.59. The smallest absolute Gasteiger partial charge is 0.355 e. The fourth-order valence-corrected chi connectivity index (χ4v) is 2.90. The molecule has 0 amide bonds. The van der Waals surface area contributed by atoms with Gasteiger partial charge < -0.3 is 5.11 Å². The Hall–Kier alpha value is -1.20. The third-order valence-corrected chi connectivity index (χ3v) is 4.09. The van der Waals surface area contributed by atoms with Gasteiger partial charge in [-0.15, -0.1) is 11.3 Å². The molecule has 0 saturated carbocycles. The van der Waals surface area contributed by atoms with Gasteiger partial charge in [0.25, 0.3) is 0 Å². The van der Waals surface area contributed by atoms with Crippen molar-refractivity contribution >= 4 is 33.2 Å². The van der Waals surface area contributed by atoms with Gasteiger partial charge in [-0.3, -0.25) is 0 Å². The summed E-state index contributed by atoms with van der Waals surface area (Å²) in [5.41, 5.74) is 1.27. The Bertz CT molecular complexity index is 565. The first-order valence-corrected chi connectivity index (χ1v) is 6.62. The molecule has 0 radical (unpaired) electrons. The van der Waals surface area contributed by atoms with Crippen LogP contribution in [0.25, 0.3) is 0 Å². The Balaban J connectivity index is 2.28. The fourth-order valence-electron chi connectivity index (χ4n) is 1.53. The summed E-state index contributed by atoms with van der Waals surface area (Å²) in [5, 5.41) is 9.76. The summed E-state index contributed by atoms with van der Waals surface area (Å²) >= 11 is 4.90. The third kappa shape index (κ3) is 2.73. The van der Waals surface area contributed by atoms with Crippen LogP contribution in [0.1, 0.15) is 25.9 Å². The largest absolute Gasteiger partial charge is 0.476 e. The average molecular weight is 312 g/mol. The van der Waals surface area contributed by atoms with Crippen molar-refractivity contribution in [3.63, 3.8) is 0 Å². The van der Waals surface area contributed by atoms with E-state index in [1.807, 2.05) is 24.3 Å². The summed E-state index contributed by atoms with van der Waals surface area (Å²) < 4.78 is 1.02. The molecule has 88 valence electrons. The monoisotopic (exact) mass is 311 g/mol. The second-order valence-electron chi connectivity index (χ2n) is 3.59. The zero-order chi connectivity index (χ0) is 12.4. The van der Waals surface area contributed by atoms with E-state index in [-0.39, 0.29) is 5.69 Å². The van der Waals surface area contributed by atoms with Crippen LogP contribution in [0.5, 0.6) is 0 Å². The molecule has 2 rings (SSSR count). The van der Waals surface area contributed by atoms with Gasteiger partial charge in [0, 0.05) is 15.8 Å². The van der Waals surface area contributed by atoms with E-state index in [1.165, 1.54) is 11.3 Å². The van der Waals surface area contributed by atoms with Crippen LogP contribution in [0.2, 0.25) is 0 Å². The third-order valence-electron chi connectivity index (χ3n) is 2.34. The van der Waals surface area contributed by atoms with Crippen molar-refractivity contribution in [2.75, 3.05) is 0 Å². The van der Waals surface area contributed by atoms with E-state index >= 15 is 0 Å². The predicted octanol–water partition coefficient (Wildman–Crippen LogP) is 3.50. The van der Waals surface area contributed by atoms with Gasteiger partial charge in [-0.2, -0.15) is 0 Å². The van der Waals surface area contributed by atoms with Crippen LogP contribution in [-0.4, -0.2) is 16.1 Å². The molecular weight excluding hydrogens is 302 g/mol. The van der Waals surface area contributed by atoms with Gasteiger partial charge in [-0.1, -0.05) is 34.1 Å². The maximum Gasteiger partial charge on any atom is 0.355 e. The van der Waals surface area contributed by atoms with E-state index in [1.54, 1.807) is 6.92 Å². The maximum absolute atomic E-state index is 10.9. The number of carboxylic acid groups (broad SMARTS) is 1. The van der Waals surface area contributed by atoms with E-state index in [9.17, 15) is 4.79 Å². The lowest BCUT2D eigenvalue weighted by Gasteiger charge is -2.00. The van der Waals surface area contributed by atoms with Crippen LogP contribution < -0.4 is 0 Å². The molecule has 0 aliphatic carbocycles. The number of hydrogen-bond acceptors (Lipinski definition) is 3. The quantitative estimate of drug-likeness (QED) is 0.943. The van der Waals surface area contributed by atoms with Crippen LogP contribution in [0, 0.1) is 6.92 Å². The number of carboxylic acids is 1. The summed E-state index contributed by atoms with van der Waals surface area (Å²) in [6.45, 7) is 1.78. The summed E-state index contributed by atoms with van der Waals surface area (Å²) in [7, 11) is 0. The standard InChI is InChI=1S/C12H10BrNO2S/c1-7-11(12(15)16)14-10(17-7)6-8-4-2-3-5-9(8)13/h2-5H,6H2,1H3,(H,15,16). The molecule has 1 N–H and O–H groups in total. The zero-order valence-corrected chi connectivity index (χ0v) is 11.5. The number of rotatable bonds is 3. The van der Waals surface area contributed by atoms with Crippen molar-refractivity contribution in [1.82, 2.24) is 4.98 Å². The van der Waals surface area contributed by atoms with Gasteiger partial charge in [0.1, 0.15) is 0 Å². The fraction of sp³-hybridized carbons (Fsp3) is 0.167. The molecular formula is C12H10BrNO2S. The molecule has 1 aromatic heterocycles. The normalized spacial score (nSPS) is 10.5. The average Bonchev–Trinajstić information content (AvgIpc) is 2.63. The first-order valence-electron chi connectivity index (χ1n) is 5.01. The van der Waals surface area contributed by atoms with E-state index < -0.39 is 5.97 Å². The minimum Gasteiger partial charge on any atom is -0.476 e. The van der Waals surface area contributed by atoms with Crippen molar-refractivity contribution in [2.24, 2.45) is 0 Å². The maximum atomic E-state index is 10.9. The van der Waals surface area contributed by atoms with E-state index in [0.29, 0.717) is 6.42 Å². The highest BCUT2D eigenvalue weighted by Crippen LogP contribution is 2.24. The molecule has 1 heterocycles. The number of nitrogens with zero attached hydrogens (tertiary/aromatic N) is 1. The van der Waals surface area contributed by atoms with Gasteiger partial charge in [0.15, 0.2) is 5.69 Å². The van der Waals surface area contributed by atoms with Crippen molar-refractivity contribution in [1.29, 1.82) is 0 Å². The number of thiazole rings is 1. The summed E-state index contributed by atoms with van der Waals surface area (Å²) in [4.78, 5) is 15.8. The molecule has 0 aliphatic rings. The zero-order valence-electron chi connectivity index (χ0n) is 9.11. The molecule has 0 saturated heterocycles. The number of hydrogen-bond donors (Lipinski definition) is 1. The lowest BCUT2D eigenvalue weighted by atomic mass is 10.2. The molecule has 0 fully saturated rings. The molecule has 5 heteroatoms. The predicted molar refractivity (Wildman–Crippen MR) is 70.8 cm³/mol. The van der Waals surface area contributed by atoms with Crippen LogP contribution in [0.4, 0.5) is 0 Å². The Morgan fingerprint density at radius 2 is 2.18 bits per heavy atom. The summed E-state index contributed by atoms with van der Waals surface area (Å²) in [6.07, 6.45) is 0.653. The van der Waals surface area contributed by atoms with Crippen LogP contribution in [0.3, 0.4) is 0 Å². The Morgan fingerprint density at radius 3 is 2.76 bits per heavy atom. The number of aryl methyl sites for hydroxylation is 1. The molecule has 3 nitrogen and oxygen atoms in total. The van der Waals surface area contributed by atoms with Crippen molar-refractivity contribution < 1.29 is 9.90 Å². The van der Waals surface area contributed by atoms with Crippen molar-refractivity contribution in [2.45, 2.75) is 13.3 Å². The first-order chi connectivity index (χ1) is 8.08. The molecule has 0 spiro atoms. The van der Waals surface area contributed by atoms with E-state index in [0.717, 1.165) is 19.9 Å². The van der Waals surface area contributed by atoms with E-state index in [2.05, 4.69) is 20.9 Å². The topological polar surface area (TPSA) is 50.2 Å².